The Kier molecular flexibility index (Phi) is 4.11. The molecule has 0 radical (unpaired) electrons. The Morgan fingerprint density at radius 2 is 2.04 bits per heavy atom. The van der Waals surface area contributed by atoms with Crippen LogP contribution in [0.4, 0.5) is 0 Å². The molecule has 138 valence electrons. The normalized spacial score (nSPS) is 18.8. The van der Waals surface area contributed by atoms with Gasteiger partial charge in [-0.1, -0.05) is 0 Å². The van der Waals surface area contributed by atoms with Gasteiger partial charge in [-0.05, 0) is 43.9 Å². The maximum Gasteiger partial charge on any atom is 0.345 e. The zero-order valence-electron chi connectivity index (χ0n) is 14.8. The number of carboxylic acids is 1. The third-order valence-electron chi connectivity index (χ3n) is 5.26. The van der Waals surface area contributed by atoms with Gasteiger partial charge in [-0.3, -0.25) is 9.48 Å². The number of aromatic nitrogens is 2. The highest BCUT2D eigenvalue weighted by Gasteiger charge is 2.43. The first kappa shape index (κ1) is 17.2. The smallest absolute Gasteiger partial charge is 0.345 e. The Morgan fingerprint density at radius 1 is 1.31 bits per heavy atom. The zero-order chi connectivity index (χ0) is 18.5. The van der Waals surface area contributed by atoms with E-state index in [1.807, 2.05) is 11.8 Å². The predicted octanol–water partition coefficient (Wildman–Crippen LogP) is 2.19. The van der Waals surface area contributed by atoms with E-state index >= 15 is 0 Å². The minimum absolute atomic E-state index is 0.0172. The summed E-state index contributed by atoms with van der Waals surface area (Å²) >= 11 is 1.32. The van der Waals surface area contributed by atoms with Crippen LogP contribution in [0.5, 0.6) is 0 Å². The average molecular weight is 375 g/mol. The fourth-order valence-corrected chi connectivity index (χ4v) is 5.19. The van der Waals surface area contributed by atoms with E-state index in [4.69, 9.17) is 4.74 Å². The maximum atomic E-state index is 12.8. The highest BCUT2D eigenvalue weighted by atomic mass is 32.1. The number of hydrogen-bond donors (Lipinski definition) is 1. The average Bonchev–Trinajstić information content (AvgIpc) is 3.19. The number of carboxylic acid groups (broad SMARTS) is 1. The third-order valence-corrected chi connectivity index (χ3v) is 6.61. The Morgan fingerprint density at radius 3 is 2.65 bits per heavy atom. The molecule has 1 saturated heterocycles. The molecule has 26 heavy (non-hydrogen) atoms. The Labute approximate surface area is 155 Å². The second kappa shape index (κ2) is 6.21. The lowest BCUT2D eigenvalue weighted by Crippen LogP contribution is -2.48. The van der Waals surface area contributed by atoms with Crippen molar-refractivity contribution in [2.75, 3.05) is 19.7 Å². The fourth-order valence-electron chi connectivity index (χ4n) is 3.94. The third kappa shape index (κ3) is 2.73. The molecule has 2 aromatic rings. The van der Waals surface area contributed by atoms with Crippen molar-refractivity contribution in [2.45, 2.75) is 31.8 Å². The van der Waals surface area contributed by atoms with E-state index in [-0.39, 0.29) is 5.91 Å². The van der Waals surface area contributed by atoms with Gasteiger partial charge in [-0.2, -0.15) is 5.10 Å². The molecule has 1 N–H and O–H groups in total. The van der Waals surface area contributed by atoms with E-state index in [1.54, 1.807) is 23.9 Å². The number of piperidine rings is 1. The molecule has 8 heteroatoms. The topological polar surface area (TPSA) is 84.7 Å². The summed E-state index contributed by atoms with van der Waals surface area (Å²) in [5.41, 5.74) is 2.04. The van der Waals surface area contributed by atoms with Crippen LogP contribution in [-0.4, -0.2) is 51.4 Å². The first-order valence-corrected chi connectivity index (χ1v) is 9.52. The number of aromatic carboxylic acids is 1. The summed E-state index contributed by atoms with van der Waals surface area (Å²) in [6.07, 6.45) is 2.11. The van der Waals surface area contributed by atoms with Crippen LogP contribution < -0.4 is 0 Å². The molecule has 2 aromatic heterocycles. The first-order chi connectivity index (χ1) is 12.4. The van der Waals surface area contributed by atoms with Crippen LogP contribution in [-0.2, 0) is 23.8 Å². The highest BCUT2D eigenvalue weighted by molar-refractivity contribution is 7.14. The molecule has 0 unspecified atom stereocenters. The SMILES string of the molecule is Cc1cc(C(=O)N2CCC3(CC2)OCCc2cc(C(=O)O)sc23)n(C)n1. The number of amides is 1. The lowest BCUT2D eigenvalue weighted by atomic mass is 9.85. The molecular formula is C18H21N3O4S. The van der Waals surface area contributed by atoms with Crippen LogP contribution in [0.15, 0.2) is 12.1 Å². The molecule has 4 heterocycles. The van der Waals surface area contributed by atoms with Gasteiger partial charge in [0, 0.05) is 25.0 Å². The number of carbonyl (C=O) groups excluding carboxylic acids is 1. The van der Waals surface area contributed by atoms with Crippen molar-refractivity contribution < 1.29 is 19.4 Å². The zero-order valence-corrected chi connectivity index (χ0v) is 15.6. The number of ether oxygens (including phenoxy) is 1. The number of rotatable bonds is 2. The van der Waals surface area contributed by atoms with Gasteiger partial charge in [0.2, 0.25) is 0 Å². The van der Waals surface area contributed by atoms with Gasteiger partial charge in [-0.15, -0.1) is 11.3 Å². The van der Waals surface area contributed by atoms with Crippen LogP contribution in [0.2, 0.25) is 0 Å². The van der Waals surface area contributed by atoms with Crippen LogP contribution in [0.25, 0.3) is 0 Å². The first-order valence-electron chi connectivity index (χ1n) is 8.70. The quantitative estimate of drug-likeness (QED) is 0.870. The molecule has 4 rings (SSSR count). The van der Waals surface area contributed by atoms with Crippen molar-refractivity contribution in [3.05, 3.63) is 38.8 Å². The summed E-state index contributed by atoms with van der Waals surface area (Å²) in [5, 5.41) is 13.5. The molecule has 0 atom stereocenters. The van der Waals surface area contributed by atoms with Gasteiger partial charge < -0.3 is 14.7 Å². The minimum atomic E-state index is -0.890. The monoisotopic (exact) mass is 375 g/mol. The van der Waals surface area contributed by atoms with Gasteiger partial charge in [-0.25, -0.2) is 4.79 Å². The van der Waals surface area contributed by atoms with E-state index in [9.17, 15) is 14.7 Å². The minimum Gasteiger partial charge on any atom is -0.477 e. The second-order valence-electron chi connectivity index (χ2n) is 6.95. The number of likely N-dealkylation sites (tertiary alicyclic amines) is 1. The number of thiophene rings is 1. The molecule has 1 spiro atoms. The van der Waals surface area contributed by atoms with E-state index in [0.29, 0.717) is 43.1 Å². The largest absolute Gasteiger partial charge is 0.477 e. The number of nitrogens with zero attached hydrogens (tertiary/aromatic N) is 3. The molecular weight excluding hydrogens is 354 g/mol. The van der Waals surface area contributed by atoms with Crippen LogP contribution in [0.3, 0.4) is 0 Å². The number of hydrogen-bond acceptors (Lipinski definition) is 5. The fraction of sp³-hybridized carbons (Fsp3) is 0.500. The van der Waals surface area contributed by atoms with Crippen molar-refractivity contribution in [3.63, 3.8) is 0 Å². The second-order valence-corrected chi connectivity index (χ2v) is 8.00. The van der Waals surface area contributed by atoms with Crippen LogP contribution >= 0.6 is 11.3 Å². The summed E-state index contributed by atoms with van der Waals surface area (Å²) in [6.45, 7) is 3.64. The molecule has 0 aliphatic carbocycles. The summed E-state index contributed by atoms with van der Waals surface area (Å²) in [5.74, 6) is -0.907. The maximum absolute atomic E-state index is 12.8. The summed E-state index contributed by atoms with van der Waals surface area (Å²) in [4.78, 5) is 27.4. The van der Waals surface area contributed by atoms with Gasteiger partial charge in [0.25, 0.3) is 5.91 Å². The van der Waals surface area contributed by atoms with E-state index in [2.05, 4.69) is 5.10 Å². The Bertz CT molecular complexity index is 877. The van der Waals surface area contributed by atoms with E-state index in [1.165, 1.54) is 11.3 Å². The van der Waals surface area contributed by atoms with E-state index < -0.39 is 11.6 Å². The van der Waals surface area contributed by atoms with Crippen molar-refractivity contribution in [2.24, 2.45) is 7.05 Å². The molecule has 0 aromatic carbocycles. The summed E-state index contributed by atoms with van der Waals surface area (Å²) < 4.78 is 7.77. The number of aryl methyl sites for hydroxylation is 2. The van der Waals surface area contributed by atoms with Crippen molar-refractivity contribution in [3.8, 4) is 0 Å². The highest BCUT2D eigenvalue weighted by Crippen LogP contribution is 2.45. The molecule has 0 saturated carbocycles. The lowest BCUT2D eigenvalue weighted by Gasteiger charge is -2.43. The van der Waals surface area contributed by atoms with Crippen LogP contribution in [0.1, 0.15) is 49.1 Å². The molecule has 0 bridgehead atoms. The number of carbonyl (C=O) groups is 2. The molecule has 1 amide bonds. The predicted molar refractivity (Wildman–Crippen MR) is 95.7 cm³/mol. The van der Waals surface area contributed by atoms with Gasteiger partial charge in [0.15, 0.2) is 0 Å². The molecule has 1 fully saturated rings. The Balaban J connectivity index is 1.55. The lowest BCUT2D eigenvalue weighted by molar-refractivity contribution is -0.0906. The molecule has 2 aliphatic heterocycles. The van der Waals surface area contributed by atoms with Crippen LogP contribution in [0, 0.1) is 6.92 Å². The Hall–Kier alpha value is -2.19. The van der Waals surface area contributed by atoms with Gasteiger partial charge in [0.1, 0.15) is 16.2 Å². The standard InChI is InChI=1S/C18H21N3O4S/c1-11-9-13(20(2)19-11)16(22)21-6-4-18(5-7-21)15-12(3-8-25-18)10-14(26-15)17(23)24/h9-10H,3-8H2,1-2H3,(H,23,24). The van der Waals surface area contributed by atoms with Crippen molar-refractivity contribution >= 4 is 23.2 Å². The summed E-state index contributed by atoms with van der Waals surface area (Å²) in [6, 6.07) is 3.59. The molecule has 2 aliphatic rings. The summed E-state index contributed by atoms with van der Waals surface area (Å²) in [7, 11) is 1.78. The molecule has 7 nitrogen and oxygen atoms in total. The van der Waals surface area contributed by atoms with Gasteiger partial charge >= 0.3 is 5.97 Å². The van der Waals surface area contributed by atoms with Crippen molar-refractivity contribution in [1.82, 2.24) is 14.7 Å². The van der Waals surface area contributed by atoms with Gasteiger partial charge in [0.05, 0.1) is 12.3 Å². The van der Waals surface area contributed by atoms with Crippen molar-refractivity contribution in [1.29, 1.82) is 0 Å². The van der Waals surface area contributed by atoms with E-state index in [0.717, 1.165) is 22.6 Å². The number of fused-ring (bicyclic) bond motifs is 2.